The van der Waals surface area contributed by atoms with Crippen molar-refractivity contribution in [3.8, 4) is 33.8 Å². The molecule has 52 heavy (non-hydrogen) atoms. The second-order valence-corrected chi connectivity index (χ2v) is 17.4. The number of fused-ring (bicyclic) bond motifs is 8. The van der Waals surface area contributed by atoms with Gasteiger partial charge in [0, 0.05) is 45.7 Å². The van der Waals surface area contributed by atoms with Crippen LogP contribution in [0.1, 0.15) is 35.6 Å². The first-order valence-electron chi connectivity index (χ1n) is 16.9. The third kappa shape index (κ3) is 8.70. The molecule has 2 aromatic carbocycles. The van der Waals surface area contributed by atoms with Crippen molar-refractivity contribution in [3.63, 3.8) is 0 Å². The molecule has 0 saturated carbocycles. The van der Waals surface area contributed by atoms with Crippen LogP contribution in [-0.4, -0.2) is 74.0 Å². The van der Waals surface area contributed by atoms with Gasteiger partial charge in [-0.3, -0.25) is 0 Å². The van der Waals surface area contributed by atoms with Gasteiger partial charge in [0.1, 0.15) is 31.2 Å². The van der Waals surface area contributed by atoms with Crippen molar-refractivity contribution in [2.75, 3.05) is 37.2 Å². The van der Waals surface area contributed by atoms with Crippen LogP contribution in [0.2, 0.25) is 0 Å². The van der Waals surface area contributed by atoms with E-state index >= 15 is 0 Å². The highest BCUT2D eigenvalue weighted by molar-refractivity contribution is 7.90. The van der Waals surface area contributed by atoms with Crippen LogP contribution in [0.25, 0.3) is 68.6 Å². The second kappa shape index (κ2) is 14.6. The van der Waals surface area contributed by atoms with Crippen molar-refractivity contribution in [2.24, 2.45) is 0 Å². The van der Waals surface area contributed by atoms with E-state index in [1.807, 2.05) is 97.1 Å². The van der Waals surface area contributed by atoms with E-state index in [1.54, 1.807) is 0 Å². The van der Waals surface area contributed by atoms with E-state index in [9.17, 15) is 16.8 Å². The van der Waals surface area contributed by atoms with Crippen LogP contribution < -0.4 is 9.47 Å². The topological polar surface area (TPSA) is 144 Å². The molecule has 12 heteroatoms. The number of nitrogens with one attached hydrogen (secondary N) is 2. The van der Waals surface area contributed by atoms with Gasteiger partial charge in [-0.25, -0.2) is 26.8 Å². The third-order valence-electron chi connectivity index (χ3n) is 8.54. The standard InChI is InChI=1S/C40H38N4O6S2/c1-51(45,46)23-3-21-49-33-13-5-27(6-14-33)39-35-17-9-29(41-35)25-31-11-19-37(43-31)40(38-20-12-32(44-38)26-30-10-18-36(39)42-30)28-7-15-34(16-8-28)50-22-4-24-52(2,47)48/h5-20,25-26,41-42H,3-4,21-24H2,1-2H3. The van der Waals surface area contributed by atoms with Crippen LogP contribution >= 0.6 is 0 Å². The molecule has 0 radical (unpaired) electrons. The molecule has 3 aromatic heterocycles. The van der Waals surface area contributed by atoms with Gasteiger partial charge in [0.25, 0.3) is 0 Å². The average molecular weight is 735 g/mol. The first kappa shape index (κ1) is 35.0. The summed E-state index contributed by atoms with van der Waals surface area (Å²) in [4.78, 5) is 17.2. The van der Waals surface area contributed by atoms with Crippen LogP contribution in [0.4, 0.5) is 0 Å². The van der Waals surface area contributed by atoms with E-state index in [-0.39, 0.29) is 11.5 Å². The van der Waals surface area contributed by atoms with Crippen molar-refractivity contribution < 1.29 is 26.3 Å². The molecule has 0 saturated heterocycles. The van der Waals surface area contributed by atoms with Crippen LogP contribution in [0.15, 0.2) is 84.9 Å². The molecule has 8 bridgehead atoms. The first-order chi connectivity index (χ1) is 25.0. The molecular weight excluding hydrogens is 697 g/mol. The molecule has 0 aliphatic carbocycles. The maximum absolute atomic E-state index is 11.5. The number of aromatic amines is 2. The Labute approximate surface area is 302 Å². The fourth-order valence-electron chi connectivity index (χ4n) is 6.14. The Bertz CT molecular complexity index is 2470. The zero-order valence-corrected chi connectivity index (χ0v) is 30.4. The molecule has 2 aliphatic heterocycles. The molecule has 2 N–H and O–H groups in total. The Balaban J connectivity index is 1.26. The van der Waals surface area contributed by atoms with Crippen molar-refractivity contribution >= 4 is 66.0 Å². The summed E-state index contributed by atoms with van der Waals surface area (Å²) in [6, 6.07) is 27.7. The zero-order valence-electron chi connectivity index (χ0n) is 28.8. The van der Waals surface area contributed by atoms with E-state index in [2.05, 4.69) is 22.1 Å². The minimum Gasteiger partial charge on any atom is -0.494 e. The Morgan fingerprint density at radius 1 is 0.538 bits per heavy atom. The van der Waals surface area contributed by atoms with Gasteiger partial charge in [-0.15, -0.1) is 0 Å². The summed E-state index contributed by atoms with van der Waals surface area (Å²) in [5.74, 6) is 1.51. The molecule has 0 unspecified atom stereocenters. The summed E-state index contributed by atoms with van der Waals surface area (Å²) in [5.41, 5.74) is 10.5. The second-order valence-electron chi connectivity index (χ2n) is 12.9. The van der Waals surface area contributed by atoms with Crippen LogP contribution in [0.3, 0.4) is 0 Å². The predicted molar refractivity (Wildman–Crippen MR) is 209 cm³/mol. The summed E-state index contributed by atoms with van der Waals surface area (Å²) < 4.78 is 57.5. The van der Waals surface area contributed by atoms with Gasteiger partial charge >= 0.3 is 0 Å². The quantitative estimate of drug-likeness (QED) is 0.122. The highest BCUT2D eigenvalue weighted by Gasteiger charge is 2.15. The fraction of sp³-hybridized carbons (Fsp3) is 0.200. The van der Waals surface area contributed by atoms with Gasteiger partial charge in [-0.1, -0.05) is 24.3 Å². The van der Waals surface area contributed by atoms with Crippen molar-refractivity contribution in [1.29, 1.82) is 0 Å². The molecule has 0 fully saturated rings. The predicted octanol–water partition coefficient (Wildman–Crippen LogP) is 7.62. The molecule has 7 rings (SSSR count). The largest absolute Gasteiger partial charge is 0.494 e. The smallest absolute Gasteiger partial charge is 0.147 e. The molecule has 0 spiro atoms. The molecule has 5 heterocycles. The lowest BCUT2D eigenvalue weighted by atomic mass is 10.0. The first-order valence-corrected chi connectivity index (χ1v) is 21.0. The maximum Gasteiger partial charge on any atom is 0.147 e. The van der Waals surface area contributed by atoms with E-state index in [4.69, 9.17) is 19.4 Å². The number of sulfone groups is 2. The monoisotopic (exact) mass is 734 g/mol. The van der Waals surface area contributed by atoms with Crippen LogP contribution in [0.5, 0.6) is 11.5 Å². The normalized spacial score (nSPS) is 12.7. The lowest BCUT2D eigenvalue weighted by molar-refractivity contribution is 0.317. The maximum atomic E-state index is 11.5. The summed E-state index contributed by atoms with van der Waals surface area (Å²) in [6.45, 7) is 0.634. The summed E-state index contributed by atoms with van der Waals surface area (Å²) >= 11 is 0. The Morgan fingerprint density at radius 2 is 0.962 bits per heavy atom. The molecule has 0 amide bonds. The van der Waals surface area contributed by atoms with Crippen molar-refractivity contribution in [3.05, 3.63) is 108 Å². The van der Waals surface area contributed by atoms with E-state index in [1.165, 1.54) is 12.5 Å². The molecule has 2 aliphatic rings. The molecular formula is C40H38N4O6S2. The minimum atomic E-state index is -3.03. The van der Waals surface area contributed by atoms with Gasteiger partial charge in [-0.2, -0.15) is 0 Å². The Morgan fingerprint density at radius 3 is 1.38 bits per heavy atom. The lowest BCUT2D eigenvalue weighted by Gasteiger charge is -2.08. The summed E-state index contributed by atoms with van der Waals surface area (Å²) in [7, 11) is -6.06. The molecule has 0 atom stereocenters. The van der Waals surface area contributed by atoms with Gasteiger partial charge in [0.2, 0.25) is 0 Å². The number of rotatable bonds is 12. The van der Waals surface area contributed by atoms with Gasteiger partial charge in [0.15, 0.2) is 0 Å². The van der Waals surface area contributed by atoms with E-state index < -0.39 is 19.7 Å². The molecule has 10 nitrogen and oxygen atoms in total. The van der Waals surface area contributed by atoms with E-state index in [0.717, 1.165) is 67.1 Å². The average Bonchev–Trinajstić information content (AvgIpc) is 3.93. The molecule has 5 aromatic rings. The lowest BCUT2D eigenvalue weighted by Crippen LogP contribution is -2.07. The highest BCUT2D eigenvalue weighted by Crippen LogP contribution is 2.33. The van der Waals surface area contributed by atoms with Gasteiger partial charge in [0.05, 0.1) is 47.5 Å². The Kier molecular flexibility index (Phi) is 9.85. The van der Waals surface area contributed by atoms with Crippen molar-refractivity contribution in [1.82, 2.24) is 19.9 Å². The number of hydrogen-bond acceptors (Lipinski definition) is 8. The van der Waals surface area contributed by atoms with Gasteiger partial charge in [-0.05, 0) is 109 Å². The van der Waals surface area contributed by atoms with E-state index in [0.29, 0.717) is 37.6 Å². The number of aromatic nitrogens is 4. The van der Waals surface area contributed by atoms with Crippen LogP contribution in [-0.2, 0) is 19.7 Å². The van der Waals surface area contributed by atoms with Crippen LogP contribution in [0, 0.1) is 0 Å². The SMILES string of the molecule is CS(=O)(=O)CCCOc1ccc(-c2c3nc(cc4ccc([nH]4)c(-c4ccc(OCCCS(C)(=O)=O)cc4)c4ccc(cc5nc2C=C5)[nH]4)C=C3)cc1. The molecule has 266 valence electrons. The minimum absolute atomic E-state index is 0.0859. The number of H-pyrrole nitrogens is 2. The third-order valence-corrected chi connectivity index (χ3v) is 10.6. The van der Waals surface area contributed by atoms with Gasteiger partial charge < -0.3 is 19.4 Å². The summed E-state index contributed by atoms with van der Waals surface area (Å²) in [5, 5.41) is 0. The zero-order chi connectivity index (χ0) is 36.3. The highest BCUT2D eigenvalue weighted by atomic mass is 32.2. The number of nitrogens with zero attached hydrogens (tertiary/aromatic N) is 2. The Hall–Kier alpha value is -5.46. The number of ether oxygens (including phenoxy) is 2. The summed E-state index contributed by atoms with van der Waals surface area (Å²) in [6.07, 6.45) is 11.3. The number of benzene rings is 2. The fourth-order valence-corrected chi connectivity index (χ4v) is 7.42. The number of hydrogen-bond donors (Lipinski definition) is 2. The van der Waals surface area contributed by atoms with Crippen molar-refractivity contribution in [2.45, 2.75) is 12.8 Å².